The summed E-state index contributed by atoms with van der Waals surface area (Å²) in [4.78, 5) is 12.0. The van der Waals surface area contributed by atoms with Gasteiger partial charge in [-0.1, -0.05) is 29.8 Å². The van der Waals surface area contributed by atoms with E-state index in [9.17, 15) is 9.90 Å². The molecule has 5 nitrogen and oxygen atoms in total. The first-order chi connectivity index (χ1) is 10.5. The van der Waals surface area contributed by atoms with Gasteiger partial charge in [-0.05, 0) is 31.2 Å². The van der Waals surface area contributed by atoms with Crippen molar-refractivity contribution >= 4 is 23.2 Å². The van der Waals surface area contributed by atoms with Crippen LogP contribution in [0.15, 0.2) is 47.6 Å². The molecule has 22 heavy (non-hydrogen) atoms. The van der Waals surface area contributed by atoms with E-state index in [1.807, 2.05) is 0 Å². The number of rotatable bonds is 4. The smallest absolute Gasteiger partial charge is 0.272 e. The number of hydrogen-bond donors (Lipinski definition) is 2. The maximum Gasteiger partial charge on any atom is 0.272 e. The molecule has 0 bridgehead atoms. The molecule has 0 atom stereocenters. The number of amides is 1. The van der Waals surface area contributed by atoms with Crippen LogP contribution in [0.25, 0.3) is 0 Å². The van der Waals surface area contributed by atoms with Crippen LogP contribution in [0.4, 0.5) is 0 Å². The number of nitrogens with zero attached hydrogens (tertiary/aromatic N) is 1. The van der Waals surface area contributed by atoms with Crippen LogP contribution in [-0.4, -0.2) is 23.8 Å². The molecule has 2 N–H and O–H groups in total. The number of methoxy groups -OCH3 is 1. The fourth-order valence-corrected chi connectivity index (χ4v) is 2.10. The van der Waals surface area contributed by atoms with Gasteiger partial charge in [0.05, 0.1) is 23.4 Å². The minimum absolute atomic E-state index is 0.0294. The maximum atomic E-state index is 12.0. The molecule has 0 aliphatic carbocycles. The lowest BCUT2D eigenvalue weighted by Gasteiger charge is -2.08. The molecular weight excluding hydrogens is 304 g/mol. The third-order valence-electron chi connectivity index (χ3n) is 3.05. The van der Waals surface area contributed by atoms with Gasteiger partial charge in [-0.2, -0.15) is 5.10 Å². The van der Waals surface area contributed by atoms with Crippen LogP contribution in [-0.2, 0) is 0 Å². The summed E-state index contributed by atoms with van der Waals surface area (Å²) in [5.74, 6) is -0.116. The van der Waals surface area contributed by atoms with Gasteiger partial charge in [0.2, 0.25) is 0 Å². The molecule has 2 rings (SSSR count). The summed E-state index contributed by atoms with van der Waals surface area (Å²) in [6.45, 7) is 1.67. The quantitative estimate of drug-likeness (QED) is 0.671. The van der Waals surface area contributed by atoms with Crippen molar-refractivity contribution in [3.63, 3.8) is 0 Å². The molecule has 0 fully saturated rings. The Labute approximate surface area is 133 Å². The molecule has 0 aliphatic heterocycles. The number of halogens is 1. The zero-order valence-electron chi connectivity index (χ0n) is 12.1. The second-order valence-electron chi connectivity index (χ2n) is 4.47. The summed E-state index contributed by atoms with van der Waals surface area (Å²) in [5.41, 5.74) is 3.66. The zero-order valence-corrected chi connectivity index (χ0v) is 12.9. The number of benzene rings is 2. The molecule has 0 spiro atoms. The highest BCUT2D eigenvalue weighted by Crippen LogP contribution is 2.29. The summed E-state index contributed by atoms with van der Waals surface area (Å²) < 4.78 is 5.04. The van der Waals surface area contributed by atoms with Gasteiger partial charge in [0.1, 0.15) is 0 Å². The Morgan fingerprint density at radius 1 is 1.18 bits per heavy atom. The van der Waals surface area contributed by atoms with Crippen molar-refractivity contribution in [1.29, 1.82) is 0 Å². The van der Waals surface area contributed by atoms with Crippen molar-refractivity contribution in [2.24, 2.45) is 5.10 Å². The van der Waals surface area contributed by atoms with E-state index in [2.05, 4.69) is 10.5 Å². The number of hydrazone groups is 1. The van der Waals surface area contributed by atoms with Crippen LogP contribution < -0.4 is 10.2 Å². The van der Waals surface area contributed by atoms with E-state index >= 15 is 0 Å². The highest BCUT2D eigenvalue weighted by molar-refractivity contribution is 6.33. The number of phenols is 1. The third kappa shape index (κ3) is 3.38. The molecule has 0 saturated heterocycles. The van der Waals surface area contributed by atoms with Gasteiger partial charge in [-0.3, -0.25) is 4.79 Å². The van der Waals surface area contributed by atoms with Crippen LogP contribution in [0.2, 0.25) is 5.02 Å². The van der Waals surface area contributed by atoms with Crippen molar-refractivity contribution in [1.82, 2.24) is 5.43 Å². The van der Waals surface area contributed by atoms with Crippen LogP contribution in [0.3, 0.4) is 0 Å². The summed E-state index contributed by atoms with van der Waals surface area (Å²) in [6, 6.07) is 11.7. The Morgan fingerprint density at radius 2 is 1.86 bits per heavy atom. The predicted octanol–water partition coefficient (Wildman–Crippen LogP) is 3.21. The SMILES string of the molecule is COc1cccc(C(C)=NNC(=O)c2ccccc2Cl)c1O. The molecule has 0 aromatic heterocycles. The molecule has 0 radical (unpaired) electrons. The normalized spacial score (nSPS) is 11.1. The second kappa shape index (κ2) is 6.95. The van der Waals surface area contributed by atoms with E-state index in [1.165, 1.54) is 7.11 Å². The molecule has 0 heterocycles. The largest absolute Gasteiger partial charge is 0.504 e. The lowest BCUT2D eigenvalue weighted by molar-refractivity contribution is 0.0955. The van der Waals surface area contributed by atoms with Gasteiger partial charge in [0.15, 0.2) is 11.5 Å². The highest BCUT2D eigenvalue weighted by atomic mass is 35.5. The number of carbonyl (C=O) groups is 1. The average molecular weight is 319 g/mol. The first-order valence-corrected chi connectivity index (χ1v) is 6.88. The topological polar surface area (TPSA) is 70.9 Å². The van der Waals surface area contributed by atoms with Gasteiger partial charge < -0.3 is 9.84 Å². The zero-order chi connectivity index (χ0) is 16.1. The first kappa shape index (κ1) is 15.9. The Hall–Kier alpha value is -2.53. The predicted molar refractivity (Wildman–Crippen MR) is 85.8 cm³/mol. The Kier molecular flexibility index (Phi) is 5.01. The molecule has 0 saturated carbocycles. The minimum Gasteiger partial charge on any atom is -0.504 e. The molecule has 114 valence electrons. The van der Waals surface area contributed by atoms with E-state index in [-0.39, 0.29) is 5.75 Å². The fourth-order valence-electron chi connectivity index (χ4n) is 1.88. The van der Waals surface area contributed by atoms with Gasteiger partial charge in [-0.15, -0.1) is 0 Å². The van der Waals surface area contributed by atoms with Crippen molar-refractivity contribution in [3.8, 4) is 11.5 Å². The number of hydrogen-bond acceptors (Lipinski definition) is 4. The van der Waals surface area contributed by atoms with Gasteiger partial charge in [0.25, 0.3) is 5.91 Å². The number of carbonyl (C=O) groups excluding carboxylic acids is 1. The van der Waals surface area contributed by atoms with E-state index < -0.39 is 5.91 Å². The van der Waals surface area contributed by atoms with Crippen molar-refractivity contribution in [3.05, 3.63) is 58.6 Å². The molecule has 0 unspecified atom stereocenters. The fraction of sp³-hybridized carbons (Fsp3) is 0.125. The monoisotopic (exact) mass is 318 g/mol. The molecule has 6 heteroatoms. The lowest BCUT2D eigenvalue weighted by Crippen LogP contribution is -2.19. The maximum absolute atomic E-state index is 12.0. The molecular formula is C16H15ClN2O3. The summed E-state index contributed by atoms with van der Waals surface area (Å²) in [7, 11) is 1.46. The second-order valence-corrected chi connectivity index (χ2v) is 4.88. The summed E-state index contributed by atoms with van der Waals surface area (Å²) in [5, 5.41) is 14.4. The Bertz CT molecular complexity index is 729. The Balaban J connectivity index is 2.20. The highest BCUT2D eigenvalue weighted by Gasteiger charge is 2.12. The third-order valence-corrected chi connectivity index (χ3v) is 3.38. The molecule has 2 aromatic carbocycles. The number of ether oxygens (including phenoxy) is 1. The van der Waals surface area contributed by atoms with E-state index in [4.69, 9.17) is 16.3 Å². The van der Waals surface area contributed by atoms with Gasteiger partial charge in [-0.25, -0.2) is 5.43 Å². The summed E-state index contributed by atoms with van der Waals surface area (Å²) in [6.07, 6.45) is 0. The molecule has 0 aliphatic rings. The number of para-hydroxylation sites is 1. The van der Waals surface area contributed by atoms with Gasteiger partial charge >= 0.3 is 0 Å². The first-order valence-electron chi connectivity index (χ1n) is 6.50. The molecule has 2 aromatic rings. The number of phenolic OH excluding ortho intramolecular Hbond substituents is 1. The summed E-state index contributed by atoms with van der Waals surface area (Å²) >= 11 is 5.95. The molecule has 1 amide bonds. The van der Waals surface area contributed by atoms with Crippen molar-refractivity contribution in [2.75, 3.05) is 7.11 Å². The van der Waals surface area contributed by atoms with E-state index in [1.54, 1.807) is 49.4 Å². The van der Waals surface area contributed by atoms with Gasteiger partial charge in [0, 0.05) is 5.56 Å². The Morgan fingerprint density at radius 3 is 2.55 bits per heavy atom. The van der Waals surface area contributed by atoms with E-state index in [0.29, 0.717) is 27.6 Å². The minimum atomic E-state index is -0.424. The van der Waals surface area contributed by atoms with Crippen LogP contribution in [0, 0.1) is 0 Å². The van der Waals surface area contributed by atoms with Crippen LogP contribution in [0.5, 0.6) is 11.5 Å². The standard InChI is InChI=1S/C16H15ClN2O3/c1-10(11-7-5-9-14(22-2)15(11)20)18-19-16(21)12-6-3-4-8-13(12)17/h3-9,20H,1-2H3,(H,19,21). The van der Waals surface area contributed by atoms with Crippen molar-refractivity contribution < 1.29 is 14.6 Å². The van der Waals surface area contributed by atoms with Crippen molar-refractivity contribution in [2.45, 2.75) is 6.92 Å². The number of aromatic hydroxyl groups is 1. The average Bonchev–Trinajstić information content (AvgIpc) is 2.53. The number of nitrogens with one attached hydrogen (secondary N) is 1. The van der Waals surface area contributed by atoms with E-state index in [0.717, 1.165) is 0 Å². The van der Waals surface area contributed by atoms with Crippen LogP contribution >= 0.6 is 11.6 Å². The van der Waals surface area contributed by atoms with Crippen LogP contribution in [0.1, 0.15) is 22.8 Å². The lowest BCUT2D eigenvalue weighted by atomic mass is 10.1.